The van der Waals surface area contributed by atoms with Gasteiger partial charge in [-0.2, -0.15) is 0 Å². The molecule has 5 heteroatoms. The van der Waals surface area contributed by atoms with Gasteiger partial charge in [0.25, 0.3) is 0 Å². The first kappa shape index (κ1) is 13.9. The van der Waals surface area contributed by atoms with E-state index in [0.717, 1.165) is 31.9 Å². The number of anilines is 1. The van der Waals surface area contributed by atoms with Crippen molar-refractivity contribution in [3.05, 3.63) is 28.2 Å². The summed E-state index contributed by atoms with van der Waals surface area (Å²) in [6.45, 7) is 4.66. The minimum Gasteiger partial charge on any atom is -0.382 e. The number of morpholine rings is 1. The number of ether oxygens (including phenoxy) is 1. The molecule has 2 N–H and O–H groups in total. The van der Waals surface area contributed by atoms with E-state index >= 15 is 0 Å². The molecule has 0 aromatic heterocycles. The Balaban J connectivity index is 1.87. The Hall–Kier alpha value is -0.480. The van der Waals surface area contributed by atoms with E-state index in [2.05, 4.69) is 17.6 Å². The summed E-state index contributed by atoms with van der Waals surface area (Å²) in [4.78, 5) is 0. The van der Waals surface area contributed by atoms with Crippen LogP contribution in [0.2, 0.25) is 10.0 Å². The van der Waals surface area contributed by atoms with E-state index in [4.69, 9.17) is 27.9 Å². The Morgan fingerprint density at radius 3 is 2.72 bits per heavy atom. The maximum Gasteiger partial charge on any atom is 0.0621 e. The fraction of sp³-hybridized carbons (Fsp3) is 0.538. The average molecular weight is 289 g/mol. The van der Waals surface area contributed by atoms with Crippen molar-refractivity contribution in [2.75, 3.05) is 25.1 Å². The predicted molar refractivity (Wildman–Crippen MR) is 76.8 cm³/mol. The first-order chi connectivity index (χ1) is 8.63. The van der Waals surface area contributed by atoms with Crippen LogP contribution in [-0.4, -0.2) is 31.8 Å². The second-order valence-electron chi connectivity index (χ2n) is 4.67. The Kier molecular flexibility index (Phi) is 5.13. The van der Waals surface area contributed by atoms with E-state index in [-0.39, 0.29) is 0 Å². The van der Waals surface area contributed by atoms with Crippen LogP contribution in [0.25, 0.3) is 0 Å². The van der Waals surface area contributed by atoms with Crippen molar-refractivity contribution >= 4 is 28.9 Å². The Morgan fingerprint density at radius 2 is 2.11 bits per heavy atom. The fourth-order valence-corrected chi connectivity index (χ4v) is 2.70. The van der Waals surface area contributed by atoms with Crippen molar-refractivity contribution in [3.63, 3.8) is 0 Å². The van der Waals surface area contributed by atoms with Crippen molar-refractivity contribution < 1.29 is 4.74 Å². The summed E-state index contributed by atoms with van der Waals surface area (Å²) >= 11 is 11.9. The van der Waals surface area contributed by atoms with Crippen LogP contribution in [-0.2, 0) is 4.74 Å². The third kappa shape index (κ3) is 4.32. The van der Waals surface area contributed by atoms with Gasteiger partial charge in [-0.3, -0.25) is 0 Å². The molecule has 0 spiro atoms. The molecule has 1 aliphatic heterocycles. The summed E-state index contributed by atoms with van der Waals surface area (Å²) < 4.78 is 5.44. The van der Waals surface area contributed by atoms with Gasteiger partial charge in [-0.1, -0.05) is 23.2 Å². The van der Waals surface area contributed by atoms with E-state index in [9.17, 15) is 0 Å². The van der Waals surface area contributed by atoms with Crippen LogP contribution in [0.5, 0.6) is 0 Å². The zero-order chi connectivity index (χ0) is 13.0. The molecule has 2 unspecified atom stereocenters. The van der Waals surface area contributed by atoms with Gasteiger partial charge in [0.15, 0.2) is 0 Å². The number of hydrogen-bond donors (Lipinski definition) is 2. The second kappa shape index (κ2) is 6.62. The molecule has 1 aromatic rings. The lowest BCUT2D eigenvalue weighted by atomic mass is 10.1. The molecule has 2 atom stereocenters. The predicted octanol–water partition coefficient (Wildman–Crippen LogP) is 3.17. The molecule has 1 heterocycles. The molecule has 2 rings (SSSR count). The topological polar surface area (TPSA) is 33.3 Å². The average Bonchev–Trinajstić information content (AvgIpc) is 2.28. The van der Waals surface area contributed by atoms with Gasteiger partial charge in [-0.25, -0.2) is 0 Å². The van der Waals surface area contributed by atoms with Crippen molar-refractivity contribution in [1.29, 1.82) is 0 Å². The highest BCUT2D eigenvalue weighted by atomic mass is 35.5. The van der Waals surface area contributed by atoms with Crippen LogP contribution < -0.4 is 10.6 Å². The first-order valence-corrected chi connectivity index (χ1v) is 6.93. The highest BCUT2D eigenvalue weighted by molar-refractivity contribution is 6.35. The molecule has 1 fully saturated rings. The van der Waals surface area contributed by atoms with E-state index in [0.29, 0.717) is 22.1 Å². The standard InChI is InChI=1S/C13H18Cl2N2O/c1-9(4-13-8-18-3-2-16-13)17-12-6-10(14)5-11(15)7-12/h5-7,9,13,16-17H,2-4,8H2,1H3. The number of hydrogen-bond acceptors (Lipinski definition) is 3. The molecule has 0 amide bonds. The number of rotatable bonds is 4. The molecular weight excluding hydrogens is 271 g/mol. The lowest BCUT2D eigenvalue weighted by Gasteiger charge is -2.27. The normalized spacial score (nSPS) is 21.6. The summed E-state index contributed by atoms with van der Waals surface area (Å²) in [7, 11) is 0. The monoisotopic (exact) mass is 288 g/mol. The molecule has 0 radical (unpaired) electrons. The van der Waals surface area contributed by atoms with Gasteiger partial charge in [0.05, 0.1) is 13.2 Å². The molecule has 1 aliphatic rings. The van der Waals surface area contributed by atoms with Gasteiger partial charge in [-0.05, 0) is 31.5 Å². The summed E-state index contributed by atoms with van der Waals surface area (Å²) in [5.41, 5.74) is 0.955. The van der Waals surface area contributed by atoms with Gasteiger partial charge in [0, 0.05) is 34.4 Å². The van der Waals surface area contributed by atoms with Gasteiger partial charge in [-0.15, -0.1) is 0 Å². The molecule has 1 saturated heterocycles. The van der Waals surface area contributed by atoms with Gasteiger partial charge in [0.1, 0.15) is 0 Å². The molecule has 3 nitrogen and oxygen atoms in total. The number of benzene rings is 1. The molecule has 18 heavy (non-hydrogen) atoms. The van der Waals surface area contributed by atoms with E-state index in [1.165, 1.54) is 0 Å². The molecule has 0 aliphatic carbocycles. The Bertz CT molecular complexity index is 374. The van der Waals surface area contributed by atoms with E-state index < -0.39 is 0 Å². The number of halogens is 2. The zero-order valence-corrected chi connectivity index (χ0v) is 11.9. The van der Waals surface area contributed by atoms with Crippen LogP contribution in [0.15, 0.2) is 18.2 Å². The Labute approximate surface area is 118 Å². The maximum absolute atomic E-state index is 5.97. The number of nitrogens with one attached hydrogen (secondary N) is 2. The van der Waals surface area contributed by atoms with Crippen molar-refractivity contribution in [3.8, 4) is 0 Å². The molecule has 1 aromatic carbocycles. The first-order valence-electron chi connectivity index (χ1n) is 6.17. The Morgan fingerprint density at radius 1 is 1.39 bits per heavy atom. The largest absolute Gasteiger partial charge is 0.382 e. The van der Waals surface area contributed by atoms with Gasteiger partial charge >= 0.3 is 0 Å². The van der Waals surface area contributed by atoms with Crippen molar-refractivity contribution in [1.82, 2.24) is 5.32 Å². The minimum atomic E-state index is 0.332. The highest BCUT2D eigenvalue weighted by Crippen LogP contribution is 2.23. The highest BCUT2D eigenvalue weighted by Gasteiger charge is 2.16. The summed E-state index contributed by atoms with van der Waals surface area (Å²) in [6.07, 6.45) is 1.00. The summed E-state index contributed by atoms with van der Waals surface area (Å²) in [5, 5.41) is 8.15. The summed E-state index contributed by atoms with van der Waals surface area (Å²) in [5.74, 6) is 0. The molecule has 100 valence electrons. The zero-order valence-electron chi connectivity index (χ0n) is 10.4. The lowest BCUT2D eigenvalue weighted by molar-refractivity contribution is 0.0731. The smallest absolute Gasteiger partial charge is 0.0621 e. The lowest BCUT2D eigenvalue weighted by Crippen LogP contribution is -2.43. The summed E-state index contributed by atoms with van der Waals surface area (Å²) in [6, 6.07) is 6.24. The molecule has 0 bridgehead atoms. The SMILES string of the molecule is CC(CC1COCCN1)Nc1cc(Cl)cc(Cl)c1. The quantitative estimate of drug-likeness (QED) is 0.893. The van der Waals surface area contributed by atoms with Crippen LogP contribution in [0.4, 0.5) is 5.69 Å². The molecular formula is C13H18Cl2N2O. The van der Waals surface area contributed by atoms with Crippen molar-refractivity contribution in [2.45, 2.75) is 25.4 Å². The van der Waals surface area contributed by atoms with Gasteiger partial charge in [0.2, 0.25) is 0 Å². The fourth-order valence-electron chi connectivity index (χ4n) is 2.18. The van der Waals surface area contributed by atoms with Gasteiger partial charge < -0.3 is 15.4 Å². The third-order valence-corrected chi connectivity index (χ3v) is 3.35. The maximum atomic E-state index is 5.97. The van der Waals surface area contributed by atoms with E-state index in [1.54, 1.807) is 6.07 Å². The van der Waals surface area contributed by atoms with E-state index in [1.807, 2.05) is 12.1 Å². The molecule has 0 saturated carbocycles. The van der Waals surface area contributed by atoms with Crippen LogP contribution in [0.1, 0.15) is 13.3 Å². The van der Waals surface area contributed by atoms with Crippen molar-refractivity contribution in [2.24, 2.45) is 0 Å². The second-order valence-corrected chi connectivity index (χ2v) is 5.54. The van der Waals surface area contributed by atoms with Crippen LogP contribution in [0, 0.1) is 0 Å². The van der Waals surface area contributed by atoms with Crippen LogP contribution >= 0.6 is 23.2 Å². The van der Waals surface area contributed by atoms with Crippen LogP contribution in [0.3, 0.4) is 0 Å². The minimum absolute atomic E-state index is 0.332. The third-order valence-electron chi connectivity index (χ3n) is 2.91.